The summed E-state index contributed by atoms with van der Waals surface area (Å²) in [5.41, 5.74) is 1.03. The first-order valence-corrected chi connectivity index (χ1v) is 8.21. The minimum Gasteiger partial charge on any atom is -0.355 e. The molecule has 0 saturated heterocycles. The van der Waals surface area contributed by atoms with Crippen molar-refractivity contribution < 1.29 is 9.72 Å². The molecule has 20 heavy (non-hydrogen) atoms. The molecule has 5 nitrogen and oxygen atoms in total. The predicted molar refractivity (Wildman–Crippen MR) is 85.6 cm³/mol. The van der Waals surface area contributed by atoms with Gasteiger partial charge in [0.2, 0.25) is 5.91 Å². The van der Waals surface area contributed by atoms with Crippen molar-refractivity contribution in [3.05, 3.63) is 39.9 Å². The van der Waals surface area contributed by atoms with E-state index in [4.69, 9.17) is 0 Å². The molecule has 0 aromatic heterocycles. The van der Waals surface area contributed by atoms with Crippen molar-refractivity contribution >= 4 is 43.5 Å². The molecule has 2 unspecified atom stereocenters. The van der Waals surface area contributed by atoms with Crippen LogP contribution in [0.25, 0.3) is 0 Å². The van der Waals surface area contributed by atoms with Crippen LogP contribution in [0.4, 0.5) is 5.69 Å². The summed E-state index contributed by atoms with van der Waals surface area (Å²) < 4.78 is 0. The van der Waals surface area contributed by atoms with E-state index in [0.717, 1.165) is 17.3 Å². The van der Waals surface area contributed by atoms with E-state index in [0.29, 0.717) is 6.54 Å². The Hall–Kier alpha value is -0.950. The maximum atomic E-state index is 11.7. The lowest BCUT2D eigenvalue weighted by molar-refractivity contribution is -0.384. The Bertz CT molecular complexity index is 465. The highest BCUT2D eigenvalue weighted by Gasteiger charge is 2.15. The van der Waals surface area contributed by atoms with Crippen LogP contribution in [0.15, 0.2) is 24.3 Å². The second-order valence-electron chi connectivity index (χ2n) is 4.44. The number of rotatable bonds is 7. The van der Waals surface area contributed by atoms with Crippen LogP contribution in [0, 0.1) is 10.1 Å². The van der Waals surface area contributed by atoms with E-state index in [1.807, 2.05) is 6.92 Å². The number of alkyl halides is 2. The van der Waals surface area contributed by atoms with Gasteiger partial charge in [0.15, 0.2) is 0 Å². The maximum absolute atomic E-state index is 11.7. The fourth-order valence-corrected chi connectivity index (χ4v) is 3.10. The molecular weight excluding hydrogens is 392 g/mol. The molecule has 0 aliphatic rings. The van der Waals surface area contributed by atoms with Gasteiger partial charge < -0.3 is 5.32 Å². The third-order valence-electron chi connectivity index (χ3n) is 2.90. The lowest BCUT2D eigenvalue weighted by Gasteiger charge is -2.15. The smallest absolute Gasteiger partial charge is 0.269 e. The molecule has 2 atom stereocenters. The second-order valence-corrected chi connectivity index (χ2v) is 6.34. The molecule has 0 heterocycles. The Morgan fingerprint density at radius 3 is 2.50 bits per heavy atom. The summed E-state index contributed by atoms with van der Waals surface area (Å²) in [7, 11) is 0. The van der Waals surface area contributed by atoms with Crippen LogP contribution >= 0.6 is 31.9 Å². The summed E-state index contributed by atoms with van der Waals surface area (Å²) in [6.45, 7) is 2.47. The zero-order valence-corrected chi connectivity index (χ0v) is 14.2. The summed E-state index contributed by atoms with van der Waals surface area (Å²) in [4.78, 5) is 21.7. The number of nitro benzene ring substituents is 1. The monoisotopic (exact) mass is 406 g/mol. The molecule has 0 saturated carbocycles. The SMILES string of the molecule is CC(CNC(=O)C(Br)CCBr)c1ccc([N+](=O)[O-])cc1. The number of hydrogen-bond acceptors (Lipinski definition) is 3. The van der Waals surface area contributed by atoms with Crippen LogP contribution < -0.4 is 5.32 Å². The van der Waals surface area contributed by atoms with Gasteiger partial charge in [-0.3, -0.25) is 14.9 Å². The largest absolute Gasteiger partial charge is 0.355 e. The lowest BCUT2D eigenvalue weighted by Crippen LogP contribution is -2.33. The number of nitrogens with zero attached hydrogens (tertiary/aromatic N) is 1. The van der Waals surface area contributed by atoms with Gasteiger partial charge in [0, 0.05) is 24.0 Å². The minimum absolute atomic E-state index is 0.0433. The van der Waals surface area contributed by atoms with E-state index < -0.39 is 4.92 Å². The van der Waals surface area contributed by atoms with Crippen LogP contribution in [-0.4, -0.2) is 27.5 Å². The van der Waals surface area contributed by atoms with Gasteiger partial charge in [-0.25, -0.2) is 0 Å². The summed E-state index contributed by atoms with van der Waals surface area (Å²) in [5, 5.41) is 14.2. The number of nitrogens with one attached hydrogen (secondary N) is 1. The predicted octanol–water partition coefficient (Wildman–Crippen LogP) is 3.36. The maximum Gasteiger partial charge on any atom is 0.269 e. The molecule has 1 rings (SSSR count). The normalized spacial score (nSPS) is 13.6. The standard InChI is InChI=1S/C13H16Br2N2O3/c1-9(8-16-13(18)12(15)6-7-14)10-2-4-11(5-3-10)17(19)20/h2-5,9,12H,6-8H2,1H3,(H,16,18). The Balaban J connectivity index is 2.52. The second kappa shape index (κ2) is 8.36. The molecule has 1 aromatic rings. The molecule has 0 aliphatic heterocycles. The van der Waals surface area contributed by atoms with E-state index in [1.54, 1.807) is 12.1 Å². The zero-order valence-electron chi connectivity index (χ0n) is 11.0. The molecule has 7 heteroatoms. The number of carbonyl (C=O) groups excluding carboxylic acids is 1. The minimum atomic E-state index is -0.425. The Morgan fingerprint density at radius 1 is 1.40 bits per heavy atom. The van der Waals surface area contributed by atoms with Crippen LogP contribution in [0.3, 0.4) is 0 Å². The van der Waals surface area contributed by atoms with E-state index >= 15 is 0 Å². The lowest BCUT2D eigenvalue weighted by atomic mass is 10.0. The molecule has 1 amide bonds. The fourth-order valence-electron chi connectivity index (χ4n) is 1.63. The topological polar surface area (TPSA) is 72.2 Å². The molecule has 0 radical (unpaired) electrons. The first-order chi connectivity index (χ1) is 9.45. The van der Waals surface area contributed by atoms with Crippen LogP contribution in [0.5, 0.6) is 0 Å². The van der Waals surface area contributed by atoms with Crippen molar-refractivity contribution in [1.82, 2.24) is 5.32 Å². The first kappa shape index (κ1) is 17.1. The molecule has 110 valence electrons. The average Bonchev–Trinajstić information content (AvgIpc) is 2.44. The van der Waals surface area contributed by atoms with Crippen LogP contribution in [0.1, 0.15) is 24.8 Å². The van der Waals surface area contributed by atoms with Gasteiger partial charge in [0.1, 0.15) is 0 Å². The van der Waals surface area contributed by atoms with Crippen molar-refractivity contribution in [3.63, 3.8) is 0 Å². The van der Waals surface area contributed by atoms with Crippen LogP contribution in [-0.2, 0) is 4.79 Å². The number of halogens is 2. The number of benzene rings is 1. The van der Waals surface area contributed by atoms with Gasteiger partial charge in [-0.05, 0) is 17.9 Å². The molecule has 0 fully saturated rings. The summed E-state index contributed by atoms with van der Waals surface area (Å²) in [6.07, 6.45) is 0.720. The van der Waals surface area contributed by atoms with Gasteiger partial charge in [0.05, 0.1) is 9.75 Å². The van der Waals surface area contributed by atoms with E-state index in [-0.39, 0.29) is 22.3 Å². The van der Waals surface area contributed by atoms with Crippen molar-refractivity contribution in [3.8, 4) is 0 Å². The highest BCUT2D eigenvalue weighted by molar-refractivity contribution is 9.10. The van der Waals surface area contributed by atoms with Gasteiger partial charge in [0.25, 0.3) is 5.69 Å². The zero-order chi connectivity index (χ0) is 15.1. The third-order valence-corrected chi connectivity index (χ3v) is 4.23. The molecule has 1 aromatic carbocycles. The number of carbonyl (C=O) groups is 1. The van der Waals surface area contributed by atoms with Gasteiger partial charge in [-0.15, -0.1) is 0 Å². The summed E-state index contributed by atoms with van der Waals surface area (Å²) >= 11 is 6.61. The van der Waals surface area contributed by atoms with Gasteiger partial charge in [-0.2, -0.15) is 0 Å². The van der Waals surface area contributed by atoms with E-state index in [1.165, 1.54) is 12.1 Å². The third kappa shape index (κ3) is 5.20. The van der Waals surface area contributed by atoms with Gasteiger partial charge in [-0.1, -0.05) is 50.9 Å². The molecule has 0 bridgehead atoms. The summed E-state index contributed by atoms with van der Waals surface area (Å²) in [6, 6.07) is 6.40. The molecular formula is C13H16Br2N2O3. The Morgan fingerprint density at radius 2 is 2.00 bits per heavy atom. The quantitative estimate of drug-likeness (QED) is 0.427. The molecule has 0 aliphatic carbocycles. The number of non-ortho nitro benzene ring substituents is 1. The molecule has 1 N–H and O–H groups in total. The highest BCUT2D eigenvalue weighted by Crippen LogP contribution is 2.19. The van der Waals surface area contributed by atoms with E-state index in [9.17, 15) is 14.9 Å². The Kier molecular flexibility index (Phi) is 7.15. The molecule has 0 spiro atoms. The fraction of sp³-hybridized carbons (Fsp3) is 0.462. The Labute approximate surface area is 134 Å². The van der Waals surface area contributed by atoms with Gasteiger partial charge >= 0.3 is 0 Å². The highest BCUT2D eigenvalue weighted by atomic mass is 79.9. The number of hydrogen-bond donors (Lipinski definition) is 1. The first-order valence-electron chi connectivity index (χ1n) is 6.17. The van der Waals surface area contributed by atoms with Crippen molar-refractivity contribution in [2.75, 3.05) is 11.9 Å². The average molecular weight is 408 g/mol. The van der Waals surface area contributed by atoms with Crippen molar-refractivity contribution in [1.29, 1.82) is 0 Å². The summed E-state index contributed by atoms with van der Waals surface area (Å²) in [5.74, 6) is 0.0571. The van der Waals surface area contributed by atoms with E-state index in [2.05, 4.69) is 37.2 Å². The van der Waals surface area contributed by atoms with Crippen LogP contribution in [0.2, 0.25) is 0 Å². The number of amides is 1. The number of nitro groups is 1. The van der Waals surface area contributed by atoms with Crippen molar-refractivity contribution in [2.45, 2.75) is 24.1 Å². The van der Waals surface area contributed by atoms with Crippen molar-refractivity contribution in [2.24, 2.45) is 0 Å².